The number of imide groups is 1. The van der Waals surface area contributed by atoms with Crippen molar-refractivity contribution in [3.63, 3.8) is 0 Å². The summed E-state index contributed by atoms with van der Waals surface area (Å²) in [5, 5.41) is 4.64. The average molecular weight is 280 g/mol. The monoisotopic (exact) mass is 280 g/mol. The molecule has 7 heteroatoms. The number of piperidine rings is 1. The van der Waals surface area contributed by atoms with Gasteiger partial charge in [-0.05, 0) is 24.6 Å². The van der Waals surface area contributed by atoms with E-state index in [0.29, 0.717) is 0 Å². The van der Waals surface area contributed by atoms with E-state index in [4.69, 9.17) is 4.74 Å². The Balaban J connectivity index is 2.08. The maximum absolute atomic E-state index is 13.2. The van der Waals surface area contributed by atoms with Gasteiger partial charge in [0.25, 0.3) is 5.91 Å². The normalized spacial score (nSPS) is 18.4. The number of amides is 3. The van der Waals surface area contributed by atoms with E-state index in [1.165, 1.54) is 19.2 Å². The zero-order valence-corrected chi connectivity index (χ0v) is 10.7. The van der Waals surface area contributed by atoms with Crippen molar-refractivity contribution in [3.05, 3.63) is 29.6 Å². The third-order valence-electron chi connectivity index (χ3n) is 2.96. The zero-order valence-electron chi connectivity index (χ0n) is 10.7. The summed E-state index contributed by atoms with van der Waals surface area (Å²) in [4.78, 5) is 34.5. The van der Waals surface area contributed by atoms with E-state index in [1.54, 1.807) is 0 Å². The Morgan fingerprint density at radius 3 is 2.85 bits per heavy atom. The van der Waals surface area contributed by atoms with Gasteiger partial charge in [-0.2, -0.15) is 0 Å². The van der Waals surface area contributed by atoms with Crippen LogP contribution in [-0.4, -0.2) is 30.9 Å². The first-order valence-corrected chi connectivity index (χ1v) is 5.99. The molecular weight excluding hydrogens is 267 g/mol. The third-order valence-corrected chi connectivity index (χ3v) is 2.96. The fourth-order valence-corrected chi connectivity index (χ4v) is 1.87. The fourth-order valence-electron chi connectivity index (χ4n) is 1.87. The SMILES string of the molecule is COc1cc(C(=O)NC2CCC(=O)NC2=O)ccc1F. The van der Waals surface area contributed by atoms with Crippen LogP contribution in [0.3, 0.4) is 0 Å². The Bertz CT molecular complexity index is 573. The Morgan fingerprint density at radius 2 is 2.20 bits per heavy atom. The summed E-state index contributed by atoms with van der Waals surface area (Å²) in [6, 6.07) is 2.88. The molecule has 1 aromatic carbocycles. The summed E-state index contributed by atoms with van der Waals surface area (Å²) in [6.45, 7) is 0. The maximum atomic E-state index is 13.2. The van der Waals surface area contributed by atoms with Crippen molar-refractivity contribution >= 4 is 17.7 Å². The van der Waals surface area contributed by atoms with Crippen LogP contribution >= 0.6 is 0 Å². The van der Waals surface area contributed by atoms with Crippen molar-refractivity contribution in [2.75, 3.05) is 7.11 Å². The van der Waals surface area contributed by atoms with E-state index in [2.05, 4.69) is 10.6 Å². The number of rotatable bonds is 3. The van der Waals surface area contributed by atoms with Crippen LogP contribution in [0.4, 0.5) is 4.39 Å². The highest BCUT2D eigenvalue weighted by atomic mass is 19.1. The van der Waals surface area contributed by atoms with Crippen LogP contribution in [0.15, 0.2) is 18.2 Å². The van der Waals surface area contributed by atoms with Crippen molar-refractivity contribution in [1.29, 1.82) is 0 Å². The van der Waals surface area contributed by atoms with Crippen molar-refractivity contribution in [1.82, 2.24) is 10.6 Å². The molecule has 2 N–H and O–H groups in total. The number of hydrogen-bond donors (Lipinski definition) is 2. The minimum atomic E-state index is -0.767. The number of nitrogens with one attached hydrogen (secondary N) is 2. The second kappa shape index (κ2) is 5.68. The predicted molar refractivity (Wildman–Crippen MR) is 66.6 cm³/mol. The smallest absolute Gasteiger partial charge is 0.252 e. The highest BCUT2D eigenvalue weighted by Gasteiger charge is 2.28. The molecule has 0 radical (unpaired) electrons. The van der Waals surface area contributed by atoms with E-state index in [-0.39, 0.29) is 30.1 Å². The molecule has 6 nitrogen and oxygen atoms in total. The molecule has 0 saturated carbocycles. The van der Waals surface area contributed by atoms with Crippen LogP contribution in [0.1, 0.15) is 23.2 Å². The van der Waals surface area contributed by atoms with Gasteiger partial charge in [-0.15, -0.1) is 0 Å². The zero-order chi connectivity index (χ0) is 14.7. The Hall–Kier alpha value is -2.44. The lowest BCUT2D eigenvalue weighted by Crippen LogP contribution is -2.52. The second-order valence-corrected chi connectivity index (χ2v) is 4.33. The standard InChI is InChI=1S/C13H13FN2O4/c1-20-10-6-7(2-3-8(10)14)12(18)15-9-4-5-11(17)16-13(9)19/h2-3,6,9H,4-5H2,1H3,(H,15,18)(H,16,17,19). The highest BCUT2D eigenvalue weighted by Crippen LogP contribution is 2.18. The van der Waals surface area contributed by atoms with Gasteiger partial charge < -0.3 is 10.1 Å². The average Bonchev–Trinajstić information content (AvgIpc) is 2.42. The molecular formula is C13H13FN2O4. The van der Waals surface area contributed by atoms with Crippen LogP contribution in [0, 0.1) is 5.82 Å². The van der Waals surface area contributed by atoms with Crippen molar-refractivity contribution in [2.45, 2.75) is 18.9 Å². The molecule has 0 aromatic heterocycles. The minimum absolute atomic E-state index is 0.0547. The first-order chi connectivity index (χ1) is 9.51. The molecule has 1 heterocycles. The summed E-state index contributed by atoms with van der Waals surface area (Å²) in [5.74, 6) is -2.06. The van der Waals surface area contributed by atoms with Gasteiger partial charge in [0.05, 0.1) is 7.11 Å². The summed E-state index contributed by atoms with van der Waals surface area (Å²) in [5.41, 5.74) is 0.174. The van der Waals surface area contributed by atoms with Gasteiger partial charge in [0.2, 0.25) is 11.8 Å². The maximum Gasteiger partial charge on any atom is 0.252 e. The summed E-state index contributed by atoms with van der Waals surface area (Å²) >= 11 is 0. The number of halogens is 1. The number of carbonyl (C=O) groups is 3. The lowest BCUT2D eigenvalue weighted by molar-refractivity contribution is -0.134. The van der Waals surface area contributed by atoms with Crippen LogP contribution in [-0.2, 0) is 9.59 Å². The Labute approximate surface area is 114 Å². The second-order valence-electron chi connectivity index (χ2n) is 4.33. The fraction of sp³-hybridized carbons (Fsp3) is 0.308. The molecule has 1 saturated heterocycles. The van der Waals surface area contributed by atoms with Crippen LogP contribution in [0.5, 0.6) is 5.75 Å². The molecule has 2 rings (SSSR count). The summed E-state index contributed by atoms with van der Waals surface area (Å²) in [7, 11) is 1.29. The van der Waals surface area contributed by atoms with Crippen molar-refractivity contribution in [3.8, 4) is 5.75 Å². The van der Waals surface area contributed by atoms with E-state index < -0.39 is 23.7 Å². The third kappa shape index (κ3) is 2.93. The van der Waals surface area contributed by atoms with Crippen LogP contribution in [0.25, 0.3) is 0 Å². The Morgan fingerprint density at radius 1 is 1.45 bits per heavy atom. The van der Waals surface area contributed by atoms with E-state index in [9.17, 15) is 18.8 Å². The number of carbonyl (C=O) groups excluding carboxylic acids is 3. The van der Waals surface area contributed by atoms with Crippen molar-refractivity contribution < 1.29 is 23.5 Å². The van der Waals surface area contributed by atoms with Gasteiger partial charge in [0.1, 0.15) is 6.04 Å². The van der Waals surface area contributed by atoms with Gasteiger partial charge >= 0.3 is 0 Å². The van der Waals surface area contributed by atoms with Crippen LogP contribution < -0.4 is 15.4 Å². The summed E-state index contributed by atoms with van der Waals surface area (Å²) < 4.78 is 18.0. The first-order valence-electron chi connectivity index (χ1n) is 5.99. The summed E-state index contributed by atoms with van der Waals surface area (Å²) in [6.07, 6.45) is 0.415. The first kappa shape index (κ1) is 14.0. The number of methoxy groups -OCH3 is 1. The number of ether oxygens (including phenoxy) is 1. The largest absolute Gasteiger partial charge is 0.494 e. The van der Waals surface area contributed by atoms with Gasteiger partial charge in [0, 0.05) is 12.0 Å². The van der Waals surface area contributed by atoms with Crippen molar-refractivity contribution in [2.24, 2.45) is 0 Å². The molecule has 0 aliphatic carbocycles. The molecule has 3 amide bonds. The molecule has 1 aliphatic rings. The lowest BCUT2D eigenvalue weighted by atomic mass is 10.1. The topological polar surface area (TPSA) is 84.5 Å². The van der Waals surface area contributed by atoms with Crippen LogP contribution in [0.2, 0.25) is 0 Å². The quantitative estimate of drug-likeness (QED) is 0.783. The molecule has 0 spiro atoms. The molecule has 1 aliphatic heterocycles. The molecule has 20 heavy (non-hydrogen) atoms. The number of benzene rings is 1. The number of hydrogen-bond acceptors (Lipinski definition) is 4. The van der Waals surface area contributed by atoms with E-state index in [1.807, 2.05) is 0 Å². The van der Waals surface area contributed by atoms with Gasteiger partial charge in [0.15, 0.2) is 11.6 Å². The lowest BCUT2D eigenvalue weighted by Gasteiger charge is -2.21. The highest BCUT2D eigenvalue weighted by molar-refractivity contribution is 6.03. The molecule has 1 aromatic rings. The van der Waals surface area contributed by atoms with E-state index >= 15 is 0 Å². The molecule has 1 unspecified atom stereocenters. The molecule has 1 fully saturated rings. The van der Waals surface area contributed by atoms with Gasteiger partial charge in [-0.3, -0.25) is 19.7 Å². The molecule has 1 atom stereocenters. The molecule has 0 bridgehead atoms. The van der Waals surface area contributed by atoms with Gasteiger partial charge in [-0.25, -0.2) is 4.39 Å². The minimum Gasteiger partial charge on any atom is -0.494 e. The predicted octanol–water partition coefficient (Wildman–Crippen LogP) is 0.369. The molecule has 106 valence electrons. The van der Waals surface area contributed by atoms with E-state index in [0.717, 1.165) is 6.07 Å². The van der Waals surface area contributed by atoms with Gasteiger partial charge in [-0.1, -0.05) is 0 Å². The Kier molecular flexibility index (Phi) is 3.97.